The van der Waals surface area contributed by atoms with Crippen LogP contribution in [0.25, 0.3) is 0 Å². The topological polar surface area (TPSA) is 43.4 Å². The SMILES string of the molecule is CCCOCCOc1ncc(F)cc1CNC(C)C. The summed E-state index contributed by atoms with van der Waals surface area (Å²) in [6.07, 6.45) is 2.15. The highest BCUT2D eigenvalue weighted by Crippen LogP contribution is 2.16. The summed E-state index contributed by atoms with van der Waals surface area (Å²) in [7, 11) is 0. The Bertz CT molecular complexity index is 372. The van der Waals surface area contributed by atoms with Gasteiger partial charge < -0.3 is 14.8 Å². The van der Waals surface area contributed by atoms with Gasteiger partial charge in [0.2, 0.25) is 5.88 Å². The second-order valence-electron chi connectivity index (χ2n) is 4.61. The van der Waals surface area contributed by atoms with Crippen LogP contribution in [0.4, 0.5) is 4.39 Å². The third-order valence-electron chi connectivity index (χ3n) is 2.41. The van der Waals surface area contributed by atoms with Crippen molar-refractivity contribution in [1.29, 1.82) is 0 Å². The van der Waals surface area contributed by atoms with E-state index in [2.05, 4.69) is 17.2 Å². The lowest BCUT2D eigenvalue weighted by Gasteiger charge is -2.13. The van der Waals surface area contributed by atoms with Crippen molar-refractivity contribution >= 4 is 0 Å². The van der Waals surface area contributed by atoms with Crippen molar-refractivity contribution in [2.75, 3.05) is 19.8 Å². The lowest BCUT2D eigenvalue weighted by atomic mass is 10.2. The molecule has 1 aromatic heterocycles. The number of hydrogen-bond donors (Lipinski definition) is 1. The second kappa shape index (κ2) is 8.82. The van der Waals surface area contributed by atoms with E-state index in [1.54, 1.807) is 0 Å². The van der Waals surface area contributed by atoms with Crippen LogP contribution in [0.15, 0.2) is 12.3 Å². The Labute approximate surface area is 114 Å². The molecule has 108 valence electrons. The Balaban J connectivity index is 2.50. The highest BCUT2D eigenvalue weighted by molar-refractivity contribution is 5.26. The molecule has 0 aromatic carbocycles. The molecule has 19 heavy (non-hydrogen) atoms. The van der Waals surface area contributed by atoms with Crippen LogP contribution in [0, 0.1) is 5.82 Å². The molecule has 5 heteroatoms. The Morgan fingerprint density at radius 2 is 2.11 bits per heavy atom. The van der Waals surface area contributed by atoms with Crippen LogP contribution >= 0.6 is 0 Å². The number of pyridine rings is 1. The van der Waals surface area contributed by atoms with E-state index in [0.29, 0.717) is 31.7 Å². The van der Waals surface area contributed by atoms with Gasteiger partial charge in [-0.3, -0.25) is 0 Å². The molecule has 0 atom stereocenters. The molecule has 0 amide bonds. The van der Waals surface area contributed by atoms with Gasteiger partial charge in [0.05, 0.1) is 12.8 Å². The molecule has 0 spiro atoms. The fourth-order valence-electron chi connectivity index (χ4n) is 1.48. The minimum Gasteiger partial charge on any atom is -0.475 e. The summed E-state index contributed by atoms with van der Waals surface area (Å²) in [6, 6.07) is 1.77. The van der Waals surface area contributed by atoms with Gasteiger partial charge in [0.15, 0.2) is 0 Å². The molecule has 0 saturated carbocycles. The maximum absolute atomic E-state index is 13.2. The predicted molar refractivity (Wildman–Crippen MR) is 72.8 cm³/mol. The van der Waals surface area contributed by atoms with Crippen LogP contribution in [0.5, 0.6) is 5.88 Å². The van der Waals surface area contributed by atoms with Gasteiger partial charge in [-0.1, -0.05) is 20.8 Å². The summed E-state index contributed by atoms with van der Waals surface area (Å²) in [5.74, 6) is 0.116. The third-order valence-corrected chi connectivity index (χ3v) is 2.41. The molecule has 4 nitrogen and oxygen atoms in total. The molecule has 0 unspecified atom stereocenters. The molecule has 1 rings (SSSR count). The van der Waals surface area contributed by atoms with Crippen molar-refractivity contribution in [3.8, 4) is 5.88 Å². The number of halogens is 1. The van der Waals surface area contributed by atoms with Gasteiger partial charge in [0, 0.05) is 24.8 Å². The zero-order chi connectivity index (χ0) is 14.1. The van der Waals surface area contributed by atoms with Gasteiger partial charge in [0.25, 0.3) is 0 Å². The average molecular weight is 270 g/mol. The molecule has 1 heterocycles. The zero-order valence-corrected chi connectivity index (χ0v) is 11.9. The van der Waals surface area contributed by atoms with E-state index in [9.17, 15) is 4.39 Å². The summed E-state index contributed by atoms with van der Waals surface area (Å²) in [5.41, 5.74) is 0.726. The summed E-state index contributed by atoms with van der Waals surface area (Å²) >= 11 is 0. The predicted octanol–water partition coefficient (Wildman–Crippen LogP) is 2.52. The Morgan fingerprint density at radius 3 is 2.79 bits per heavy atom. The Kier molecular flexibility index (Phi) is 7.36. The lowest BCUT2D eigenvalue weighted by Crippen LogP contribution is -2.22. The smallest absolute Gasteiger partial charge is 0.218 e. The van der Waals surface area contributed by atoms with Crippen molar-refractivity contribution < 1.29 is 13.9 Å². The van der Waals surface area contributed by atoms with Crippen LogP contribution < -0.4 is 10.1 Å². The number of ether oxygens (including phenoxy) is 2. The van der Waals surface area contributed by atoms with Gasteiger partial charge in [-0.15, -0.1) is 0 Å². The molecule has 0 aliphatic heterocycles. The minimum absolute atomic E-state index is 0.323. The summed E-state index contributed by atoms with van der Waals surface area (Å²) in [5, 5.41) is 3.22. The first-order valence-electron chi connectivity index (χ1n) is 6.71. The Morgan fingerprint density at radius 1 is 1.32 bits per heavy atom. The zero-order valence-electron chi connectivity index (χ0n) is 11.9. The maximum Gasteiger partial charge on any atom is 0.218 e. The van der Waals surface area contributed by atoms with Crippen LogP contribution in [-0.4, -0.2) is 30.8 Å². The van der Waals surface area contributed by atoms with Gasteiger partial charge in [-0.25, -0.2) is 9.37 Å². The van der Waals surface area contributed by atoms with Crippen LogP contribution in [0.3, 0.4) is 0 Å². The highest BCUT2D eigenvalue weighted by atomic mass is 19.1. The normalized spacial score (nSPS) is 11.0. The largest absolute Gasteiger partial charge is 0.475 e. The van der Waals surface area contributed by atoms with Crippen LogP contribution in [-0.2, 0) is 11.3 Å². The molecule has 0 aliphatic rings. The molecule has 0 saturated heterocycles. The molecule has 0 fully saturated rings. The van der Waals surface area contributed by atoms with E-state index in [1.165, 1.54) is 12.3 Å². The van der Waals surface area contributed by atoms with Gasteiger partial charge in [-0.2, -0.15) is 0 Å². The molecule has 0 bridgehead atoms. The number of nitrogens with one attached hydrogen (secondary N) is 1. The first-order chi connectivity index (χ1) is 9.13. The first-order valence-corrected chi connectivity index (χ1v) is 6.71. The van der Waals surface area contributed by atoms with E-state index in [4.69, 9.17) is 9.47 Å². The molecule has 0 radical (unpaired) electrons. The second-order valence-corrected chi connectivity index (χ2v) is 4.61. The fraction of sp³-hybridized carbons (Fsp3) is 0.643. The fourth-order valence-corrected chi connectivity index (χ4v) is 1.48. The number of nitrogens with zero attached hydrogens (tertiary/aromatic N) is 1. The van der Waals surface area contributed by atoms with E-state index in [1.807, 2.05) is 13.8 Å². The van der Waals surface area contributed by atoms with Crippen molar-refractivity contribution in [3.05, 3.63) is 23.6 Å². The summed E-state index contributed by atoms with van der Waals surface area (Å²) < 4.78 is 24.0. The van der Waals surface area contributed by atoms with Crippen molar-refractivity contribution in [2.45, 2.75) is 39.8 Å². The minimum atomic E-state index is -0.352. The van der Waals surface area contributed by atoms with Crippen molar-refractivity contribution in [2.24, 2.45) is 0 Å². The number of aromatic nitrogens is 1. The first kappa shape index (κ1) is 15.9. The average Bonchev–Trinajstić information content (AvgIpc) is 2.38. The molecule has 1 aromatic rings. The molecular weight excluding hydrogens is 247 g/mol. The summed E-state index contributed by atoms with van der Waals surface area (Å²) in [6.45, 7) is 8.32. The molecule has 1 N–H and O–H groups in total. The van der Waals surface area contributed by atoms with Crippen LogP contribution in [0.1, 0.15) is 32.8 Å². The third kappa shape index (κ3) is 6.50. The van der Waals surface area contributed by atoms with Gasteiger partial charge in [-0.05, 0) is 12.5 Å². The van der Waals surface area contributed by atoms with Gasteiger partial charge in [0.1, 0.15) is 12.4 Å². The van der Waals surface area contributed by atoms with E-state index in [0.717, 1.165) is 18.6 Å². The quantitative estimate of drug-likeness (QED) is 0.700. The Hall–Kier alpha value is -1.20. The molecular formula is C14H23FN2O2. The maximum atomic E-state index is 13.2. The van der Waals surface area contributed by atoms with E-state index >= 15 is 0 Å². The monoisotopic (exact) mass is 270 g/mol. The lowest BCUT2D eigenvalue weighted by molar-refractivity contribution is 0.0985. The number of rotatable bonds is 9. The summed E-state index contributed by atoms with van der Waals surface area (Å²) in [4.78, 5) is 3.98. The van der Waals surface area contributed by atoms with Crippen molar-refractivity contribution in [1.82, 2.24) is 10.3 Å². The standard InChI is InChI=1S/C14H23FN2O2/c1-4-5-18-6-7-19-14-12(9-16-11(2)3)8-13(15)10-17-14/h8,10-11,16H,4-7,9H2,1-3H3. The van der Waals surface area contributed by atoms with E-state index < -0.39 is 0 Å². The van der Waals surface area contributed by atoms with Crippen molar-refractivity contribution in [3.63, 3.8) is 0 Å². The van der Waals surface area contributed by atoms with Crippen LogP contribution in [0.2, 0.25) is 0 Å². The van der Waals surface area contributed by atoms with Gasteiger partial charge >= 0.3 is 0 Å². The molecule has 0 aliphatic carbocycles. The highest BCUT2D eigenvalue weighted by Gasteiger charge is 2.08. The number of hydrogen-bond acceptors (Lipinski definition) is 4. The van der Waals surface area contributed by atoms with E-state index in [-0.39, 0.29) is 5.82 Å².